The van der Waals surface area contributed by atoms with Crippen LogP contribution >= 0.6 is 0 Å². The predicted octanol–water partition coefficient (Wildman–Crippen LogP) is 8.55. The number of aryl methyl sites for hydroxylation is 1. The van der Waals surface area contributed by atoms with Crippen molar-refractivity contribution in [1.29, 1.82) is 0 Å². The van der Waals surface area contributed by atoms with Crippen molar-refractivity contribution in [3.05, 3.63) is 35.4 Å². The van der Waals surface area contributed by atoms with Gasteiger partial charge in [-0.05, 0) is 85.7 Å². The Kier molecular flexibility index (Phi) is 8.28. The van der Waals surface area contributed by atoms with E-state index in [9.17, 15) is 0 Å². The molecule has 0 bridgehead atoms. The number of hydrogen-bond donors (Lipinski definition) is 0. The molecule has 0 amide bonds. The van der Waals surface area contributed by atoms with Gasteiger partial charge >= 0.3 is 0 Å². The van der Waals surface area contributed by atoms with Crippen molar-refractivity contribution in [2.24, 2.45) is 23.7 Å². The van der Waals surface area contributed by atoms with E-state index in [1.165, 1.54) is 89.0 Å². The molecule has 2 saturated carbocycles. The van der Waals surface area contributed by atoms with Crippen LogP contribution in [0.4, 0.5) is 0 Å². The summed E-state index contributed by atoms with van der Waals surface area (Å²) >= 11 is 0. The first-order chi connectivity index (χ1) is 13.2. The third-order valence-corrected chi connectivity index (χ3v) is 7.94. The van der Waals surface area contributed by atoms with Crippen molar-refractivity contribution < 1.29 is 0 Å². The molecule has 152 valence electrons. The van der Waals surface area contributed by atoms with E-state index in [4.69, 9.17) is 0 Å². The minimum atomic E-state index is 0.808. The van der Waals surface area contributed by atoms with E-state index in [0.29, 0.717) is 0 Å². The van der Waals surface area contributed by atoms with Crippen LogP contribution in [-0.2, 0) is 6.42 Å². The van der Waals surface area contributed by atoms with Gasteiger partial charge in [-0.3, -0.25) is 0 Å². The van der Waals surface area contributed by atoms with E-state index in [0.717, 1.165) is 29.6 Å². The summed E-state index contributed by atoms with van der Waals surface area (Å²) in [5.41, 5.74) is 3.16. The molecule has 0 aliphatic heterocycles. The Morgan fingerprint density at radius 3 is 2.11 bits per heavy atom. The van der Waals surface area contributed by atoms with E-state index >= 15 is 0 Å². The lowest BCUT2D eigenvalue weighted by Crippen LogP contribution is -2.29. The molecule has 1 aromatic carbocycles. The summed E-state index contributed by atoms with van der Waals surface area (Å²) in [6.07, 6.45) is 18.6. The van der Waals surface area contributed by atoms with Gasteiger partial charge < -0.3 is 0 Å². The predicted molar refractivity (Wildman–Crippen MR) is 119 cm³/mol. The number of rotatable bonds is 8. The normalized spacial score (nSPS) is 31.7. The zero-order chi connectivity index (χ0) is 19.1. The second-order valence-electron chi connectivity index (χ2n) is 9.93. The molecule has 3 atom stereocenters. The Hall–Kier alpha value is -0.780. The Morgan fingerprint density at radius 1 is 0.778 bits per heavy atom. The van der Waals surface area contributed by atoms with Gasteiger partial charge in [-0.2, -0.15) is 0 Å². The fourth-order valence-corrected chi connectivity index (χ4v) is 6.23. The fraction of sp³-hybridized carbons (Fsp3) is 0.778. The summed E-state index contributed by atoms with van der Waals surface area (Å²) in [6, 6.07) is 9.75. The zero-order valence-electron chi connectivity index (χ0n) is 18.4. The smallest absolute Gasteiger partial charge is 0.0136 e. The van der Waals surface area contributed by atoms with Gasteiger partial charge in [0.2, 0.25) is 0 Å². The van der Waals surface area contributed by atoms with Crippen molar-refractivity contribution >= 4 is 0 Å². The van der Waals surface area contributed by atoms with Gasteiger partial charge in [0, 0.05) is 0 Å². The molecule has 0 aromatic heterocycles. The topological polar surface area (TPSA) is 0 Å². The van der Waals surface area contributed by atoms with Crippen LogP contribution in [0.5, 0.6) is 0 Å². The maximum Gasteiger partial charge on any atom is -0.0136 e. The van der Waals surface area contributed by atoms with Gasteiger partial charge in [0.15, 0.2) is 0 Å². The Bertz CT molecular complexity index is 519. The van der Waals surface area contributed by atoms with Crippen LogP contribution in [0.3, 0.4) is 0 Å². The summed E-state index contributed by atoms with van der Waals surface area (Å²) in [5.74, 6) is 4.79. The molecule has 1 aromatic rings. The molecule has 0 heteroatoms. The Labute approximate surface area is 169 Å². The van der Waals surface area contributed by atoms with Crippen LogP contribution in [0.2, 0.25) is 0 Å². The molecule has 27 heavy (non-hydrogen) atoms. The second kappa shape index (κ2) is 10.7. The summed E-state index contributed by atoms with van der Waals surface area (Å²) in [6.45, 7) is 7.18. The summed E-state index contributed by atoms with van der Waals surface area (Å²) < 4.78 is 0. The average molecular weight is 369 g/mol. The zero-order valence-corrected chi connectivity index (χ0v) is 18.4. The van der Waals surface area contributed by atoms with E-state index in [1.54, 1.807) is 5.56 Å². The maximum atomic E-state index is 2.54. The first kappa shape index (κ1) is 20.9. The number of hydrogen-bond acceptors (Lipinski definition) is 0. The third-order valence-electron chi connectivity index (χ3n) is 7.94. The van der Waals surface area contributed by atoms with Crippen LogP contribution in [0.15, 0.2) is 24.3 Å². The van der Waals surface area contributed by atoms with Crippen molar-refractivity contribution in [3.63, 3.8) is 0 Å². The summed E-state index contributed by atoms with van der Waals surface area (Å²) in [7, 11) is 0. The SMILES string of the molecule is CCCCCc1ccc(C2CCC(C3CCC(CCC)CC3)CC2C)cc1. The minimum absolute atomic E-state index is 0.808. The van der Waals surface area contributed by atoms with Crippen molar-refractivity contribution in [3.8, 4) is 0 Å². The number of unbranched alkanes of at least 4 members (excludes halogenated alkanes) is 2. The second-order valence-corrected chi connectivity index (χ2v) is 9.93. The Morgan fingerprint density at radius 2 is 1.48 bits per heavy atom. The maximum absolute atomic E-state index is 2.54. The molecule has 0 nitrogen and oxygen atoms in total. The molecule has 0 radical (unpaired) electrons. The van der Waals surface area contributed by atoms with Crippen molar-refractivity contribution in [2.75, 3.05) is 0 Å². The van der Waals surface area contributed by atoms with Crippen molar-refractivity contribution in [2.45, 2.75) is 110 Å². The monoisotopic (exact) mass is 368 g/mol. The van der Waals surface area contributed by atoms with Crippen LogP contribution in [-0.4, -0.2) is 0 Å². The molecule has 0 heterocycles. The Balaban J connectivity index is 1.48. The average Bonchev–Trinajstić information content (AvgIpc) is 2.70. The molecule has 2 fully saturated rings. The summed E-state index contributed by atoms with van der Waals surface area (Å²) in [4.78, 5) is 0. The van der Waals surface area contributed by atoms with Gasteiger partial charge in [-0.15, -0.1) is 0 Å². The molecule has 0 saturated heterocycles. The molecule has 3 unspecified atom stereocenters. The van der Waals surface area contributed by atoms with E-state index in [1.807, 2.05) is 0 Å². The first-order valence-corrected chi connectivity index (χ1v) is 12.3. The molecular formula is C27H44. The highest BCUT2D eigenvalue weighted by Crippen LogP contribution is 2.46. The molecule has 3 rings (SSSR count). The number of benzene rings is 1. The fourth-order valence-electron chi connectivity index (χ4n) is 6.23. The van der Waals surface area contributed by atoms with Gasteiger partial charge in [0.1, 0.15) is 0 Å². The van der Waals surface area contributed by atoms with Crippen LogP contribution in [0.1, 0.15) is 115 Å². The van der Waals surface area contributed by atoms with Crippen molar-refractivity contribution in [1.82, 2.24) is 0 Å². The van der Waals surface area contributed by atoms with Crippen LogP contribution < -0.4 is 0 Å². The van der Waals surface area contributed by atoms with Gasteiger partial charge in [0.05, 0.1) is 0 Å². The van der Waals surface area contributed by atoms with E-state index in [-0.39, 0.29) is 0 Å². The van der Waals surface area contributed by atoms with E-state index in [2.05, 4.69) is 45.0 Å². The highest BCUT2D eigenvalue weighted by atomic mass is 14.4. The lowest BCUT2D eigenvalue weighted by atomic mass is 9.65. The van der Waals surface area contributed by atoms with Gasteiger partial charge in [-0.1, -0.05) is 83.6 Å². The lowest BCUT2D eigenvalue weighted by molar-refractivity contribution is 0.130. The lowest BCUT2D eigenvalue weighted by Gasteiger charge is -2.41. The van der Waals surface area contributed by atoms with Crippen LogP contribution in [0.25, 0.3) is 0 Å². The van der Waals surface area contributed by atoms with Gasteiger partial charge in [-0.25, -0.2) is 0 Å². The first-order valence-electron chi connectivity index (χ1n) is 12.3. The highest BCUT2D eigenvalue weighted by molar-refractivity contribution is 5.26. The standard InChI is InChI=1S/C27H44/c1-4-6-7-9-23-12-16-25(17-13-23)27-19-18-26(20-21(27)3)24-14-10-22(8-5-2)11-15-24/h12-13,16-17,21-22,24,26-27H,4-11,14-15,18-20H2,1-3H3. The molecule has 2 aliphatic rings. The molecule has 2 aliphatic carbocycles. The summed E-state index contributed by atoms with van der Waals surface area (Å²) in [5, 5.41) is 0. The molecular weight excluding hydrogens is 324 g/mol. The molecule has 0 spiro atoms. The minimum Gasteiger partial charge on any atom is -0.0654 e. The quantitative estimate of drug-likeness (QED) is 0.403. The van der Waals surface area contributed by atoms with Gasteiger partial charge in [0.25, 0.3) is 0 Å². The van der Waals surface area contributed by atoms with Crippen LogP contribution in [0, 0.1) is 23.7 Å². The highest BCUT2D eigenvalue weighted by Gasteiger charge is 2.34. The van der Waals surface area contributed by atoms with E-state index < -0.39 is 0 Å². The third kappa shape index (κ3) is 5.85. The molecule has 0 N–H and O–H groups in total. The largest absolute Gasteiger partial charge is 0.0654 e.